The van der Waals surface area contributed by atoms with Crippen LogP contribution in [0.2, 0.25) is 0 Å². The normalized spacial score (nSPS) is 16.4. The van der Waals surface area contributed by atoms with Crippen LogP contribution in [0.5, 0.6) is 0 Å². The lowest BCUT2D eigenvalue weighted by atomic mass is 10.0. The number of nitriles is 1. The Bertz CT molecular complexity index is 1140. The maximum atomic E-state index is 13.3. The molecule has 1 aliphatic rings. The molecule has 7 heteroatoms. The van der Waals surface area contributed by atoms with Crippen LogP contribution in [0.3, 0.4) is 0 Å². The fourth-order valence-electron chi connectivity index (χ4n) is 3.86. The molecule has 1 amide bonds. The molecular weight excluding hydrogens is 400 g/mol. The molecule has 1 fully saturated rings. The number of aliphatic imine (C=N–C) groups is 1. The number of pyridine rings is 1. The van der Waals surface area contributed by atoms with Gasteiger partial charge in [-0.05, 0) is 36.2 Å². The van der Waals surface area contributed by atoms with Crippen LogP contribution in [0.4, 0.5) is 5.69 Å². The van der Waals surface area contributed by atoms with E-state index in [1.165, 1.54) is 0 Å². The van der Waals surface area contributed by atoms with Crippen LogP contribution in [0, 0.1) is 18.4 Å². The zero-order valence-corrected chi connectivity index (χ0v) is 17.8. The van der Waals surface area contributed by atoms with Gasteiger partial charge in [0.05, 0.1) is 17.3 Å². The topological polar surface area (TPSA) is 84.6 Å². The Labute approximate surface area is 187 Å². The number of nitrogens with zero attached hydrogens (tertiary/aromatic N) is 5. The molecule has 1 unspecified atom stereocenters. The number of para-hydroxylation sites is 1. The first-order valence-corrected chi connectivity index (χ1v) is 10.5. The van der Waals surface area contributed by atoms with Crippen LogP contribution in [0.25, 0.3) is 0 Å². The van der Waals surface area contributed by atoms with E-state index in [9.17, 15) is 10.1 Å². The highest BCUT2D eigenvalue weighted by atomic mass is 16.2. The van der Waals surface area contributed by atoms with E-state index in [1.807, 2.05) is 77.5 Å². The second kappa shape index (κ2) is 9.75. The minimum Gasteiger partial charge on any atom is -0.338 e. The molecule has 7 nitrogen and oxygen atoms in total. The van der Waals surface area contributed by atoms with Gasteiger partial charge in [0.1, 0.15) is 0 Å². The Balaban J connectivity index is 1.66. The predicted octanol–water partition coefficient (Wildman–Crippen LogP) is 3.65. The summed E-state index contributed by atoms with van der Waals surface area (Å²) >= 11 is 0. The summed E-state index contributed by atoms with van der Waals surface area (Å²) in [5.41, 5.74) is 3.41. The molecule has 3 aromatic rings. The van der Waals surface area contributed by atoms with Crippen molar-refractivity contribution in [2.75, 3.05) is 19.6 Å². The Kier molecular flexibility index (Phi) is 6.42. The second-order valence-corrected chi connectivity index (χ2v) is 7.57. The molecule has 4 rings (SSSR count). The average Bonchev–Trinajstić information content (AvgIpc) is 2.85. The maximum Gasteiger partial charge on any atom is 0.256 e. The van der Waals surface area contributed by atoms with Gasteiger partial charge in [0.25, 0.3) is 5.91 Å². The Morgan fingerprint density at radius 3 is 2.59 bits per heavy atom. The summed E-state index contributed by atoms with van der Waals surface area (Å²) in [5.74, 6) is 0.424. The van der Waals surface area contributed by atoms with Crippen molar-refractivity contribution in [3.05, 3.63) is 95.8 Å². The van der Waals surface area contributed by atoms with Crippen molar-refractivity contribution in [3.8, 4) is 6.19 Å². The first kappa shape index (κ1) is 21.1. The van der Waals surface area contributed by atoms with Gasteiger partial charge in [0, 0.05) is 32.0 Å². The highest BCUT2D eigenvalue weighted by Crippen LogP contribution is 2.28. The van der Waals surface area contributed by atoms with E-state index in [0.29, 0.717) is 31.2 Å². The largest absolute Gasteiger partial charge is 0.338 e. The number of amides is 1. The third-order valence-corrected chi connectivity index (χ3v) is 5.54. The average molecular weight is 425 g/mol. The summed E-state index contributed by atoms with van der Waals surface area (Å²) < 4.78 is 0. The van der Waals surface area contributed by atoms with Crippen molar-refractivity contribution in [1.29, 1.82) is 5.26 Å². The van der Waals surface area contributed by atoms with E-state index in [1.54, 1.807) is 24.5 Å². The van der Waals surface area contributed by atoms with Crippen molar-refractivity contribution in [2.45, 2.75) is 13.0 Å². The Hall–Kier alpha value is -4.18. The summed E-state index contributed by atoms with van der Waals surface area (Å²) in [6, 6.07) is 21.1. The van der Waals surface area contributed by atoms with Crippen molar-refractivity contribution in [3.63, 3.8) is 0 Å². The van der Waals surface area contributed by atoms with Gasteiger partial charge in [0.15, 0.2) is 6.19 Å². The lowest BCUT2D eigenvalue weighted by Gasteiger charge is -2.42. The van der Waals surface area contributed by atoms with Crippen molar-refractivity contribution >= 4 is 17.6 Å². The molecule has 1 saturated heterocycles. The molecule has 0 aliphatic carbocycles. The molecule has 2 heterocycles. The molecule has 0 bridgehead atoms. The fraction of sp³-hybridized carbons (Fsp3) is 0.200. The van der Waals surface area contributed by atoms with Gasteiger partial charge in [-0.3, -0.25) is 15.1 Å². The number of benzene rings is 2. The van der Waals surface area contributed by atoms with E-state index >= 15 is 0 Å². The van der Waals surface area contributed by atoms with E-state index in [4.69, 9.17) is 4.99 Å². The van der Waals surface area contributed by atoms with Crippen molar-refractivity contribution in [2.24, 2.45) is 4.99 Å². The zero-order valence-electron chi connectivity index (χ0n) is 17.8. The highest BCUT2D eigenvalue weighted by molar-refractivity contribution is 5.94. The molecule has 1 atom stereocenters. The number of hydrogen-bond acceptors (Lipinski definition) is 4. The number of carbonyl (C=O) groups excluding carboxylic acids is 1. The number of aryl methyl sites for hydroxylation is 1. The molecule has 0 radical (unpaired) electrons. The smallest absolute Gasteiger partial charge is 0.256 e. The summed E-state index contributed by atoms with van der Waals surface area (Å²) in [4.78, 5) is 26.0. The van der Waals surface area contributed by atoms with E-state index in [-0.39, 0.29) is 11.9 Å². The van der Waals surface area contributed by atoms with Gasteiger partial charge in [-0.1, -0.05) is 48.5 Å². The van der Waals surface area contributed by atoms with Crippen LogP contribution in [0.1, 0.15) is 27.5 Å². The number of nitrogens with one attached hydrogen (secondary N) is 1. The summed E-state index contributed by atoms with van der Waals surface area (Å²) in [6.45, 7) is 3.54. The molecule has 1 N–H and O–H groups in total. The lowest BCUT2D eigenvalue weighted by Crippen LogP contribution is -2.54. The number of guanidine groups is 1. The third-order valence-electron chi connectivity index (χ3n) is 5.54. The zero-order chi connectivity index (χ0) is 22.3. The minimum absolute atomic E-state index is 0.0581. The van der Waals surface area contributed by atoms with Crippen molar-refractivity contribution in [1.82, 2.24) is 20.1 Å². The summed E-state index contributed by atoms with van der Waals surface area (Å²) in [7, 11) is 0. The van der Waals surface area contributed by atoms with E-state index in [0.717, 1.165) is 16.8 Å². The number of carbonyl (C=O) groups is 1. The molecule has 0 spiro atoms. The molecule has 1 aliphatic heterocycles. The lowest BCUT2D eigenvalue weighted by molar-refractivity contribution is 0.0547. The quantitative estimate of drug-likeness (QED) is 0.300. The van der Waals surface area contributed by atoms with Gasteiger partial charge < -0.3 is 9.80 Å². The van der Waals surface area contributed by atoms with E-state index < -0.39 is 0 Å². The molecule has 32 heavy (non-hydrogen) atoms. The number of hydrogen-bond donors (Lipinski definition) is 1. The van der Waals surface area contributed by atoms with Crippen molar-refractivity contribution < 1.29 is 4.79 Å². The van der Waals surface area contributed by atoms with Gasteiger partial charge >= 0.3 is 0 Å². The van der Waals surface area contributed by atoms with Gasteiger partial charge in [-0.25, -0.2) is 4.99 Å². The SMILES string of the molecule is Cc1ccccc1N=C(NC#N)N1CCN(C(=O)c2cccnc2)C(c2ccccc2)C1. The molecule has 1 aromatic heterocycles. The van der Waals surface area contributed by atoms with Crippen LogP contribution < -0.4 is 5.32 Å². The number of rotatable bonds is 3. The first-order valence-electron chi connectivity index (χ1n) is 10.5. The van der Waals surface area contributed by atoms with Crippen LogP contribution >= 0.6 is 0 Å². The maximum absolute atomic E-state index is 13.3. The molecule has 0 saturated carbocycles. The van der Waals surface area contributed by atoms with E-state index in [2.05, 4.69) is 10.3 Å². The third kappa shape index (κ3) is 4.60. The first-order chi connectivity index (χ1) is 15.7. The number of aromatic nitrogens is 1. The van der Waals surface area contributed by atoms with Gasteiger partial charge in [0.2, 0.25) is 5.96 Å². The second-order valence-electron chi connectivity index (χ2n) is 7.57. The molecular formula is C25H24N6O. The Morgan fingerprint density at radius 2 is 1.88 bits per heavy atom. The summed E-state index contributed by atoms with van der Waals surface area (Å²) in [5, 5.41) is 12.1. The predicted molar refractivity (Wildman–Crippen MR) is 123 cm³/mol. The Morgan fingerprint density at radius 1 is 1.09 bits per heavy atom. The fourth-order valence-corrected chi connectivity index (χ4v) is 3.86. The van der Waals surface area contributed by atoms with Crippen LogP contribution in [0.15, 0.2) is 84.1 Å². The van der Waals surface area contributed by atoms with Crippen LogP contribution in [-0.4, -0.2) is 46.3 Å². The molecule has 2 aromatic carbocycles. The van der Waals surface area contributed by atoms with Gasteiger partial charge in [-0.15, -0.1) is 0 Å². The minimum atomic E-state index is -0.194. The number of piperazine rings is 1. The highest BCUT2D eigenvalue weighted by Gasteiger charge is 2.33. The van der Waals surface area contributed by atoms with Crippen LogP contribution in [-0.2, 0) is 0 Å². The summed E-state index contributed by atoms with van der Waals surface area (Å²) in [6.07, 6.45) is 5.26. The van der Waals surface area contributed by atoms with Gasteiger partial charge in [-0.2, -0.15) is 5.26 Å². The molecule has 160 valence electrons. The monoisotopic (exact) mass is 424 g/mol. The standard InChI is InChI=1S/C25H24N6O/c1-19-8-5-6-12-22(19)29-25(28-18-26)30-14-15-31(24(32)21-11-7-13-27-16-21)23(17-30)20-9-3-2-4-10-20/h2-13,16,23H,14-15,17H2,1H3,(H,28,29).